The molecule has 0 aliphatic carbocycles. The lowest BCUT2D eigenvalue weighted by Crippen LogP contribution is -2.34. The molecule has 0 radical (unpaired) electrons. The minimum absolute atomic E-state index is 0.0173. The summed E-state index contributed by atoms with van der Waals surface area (Å²) in [6, 6.07) is 3.42. The fraction of sp³-hybridized carbons (Fsp3) is 0.250. The highest BCUT2D eigenvalue weighted by Crippen LogP contribution is 2.25. The SMILES string of the molecule is C=CCN(CCO)S(=O)(=O)c1cc(C(=O)O)ccc1Cl. The Morgan fingerprint density at radius 1 is 1.45 bits per heavy atom. The molecule has 0 atom stereocenters. The van der Waals surface area contributed by atoms with Gasteiger partial charge in [0.15, 0.2) is 0 Å². The third-order valence-corrected chi connectivity index (χ3v) is 4.82. The lowest BCUT2D eigenvalue weighted by molar-refractivity contribution is 0.0696. The molecule has 1 aromatic carbocycles. The molecular formula is C12H14ClNO5S. The molecular weight excluding hydrogens is 306 g/mol. The fourth-order valence-electron chi connectivity index (χ4n) is 1.54. The van der Waals surface area contributed by atoms with E-state index in [0.29, 0.717) is 0 Å². The van der Waals surface area contributed by atoms with Gasteiger partial charge in [0.05, 0.1) is 17.2 Å². The summed E-state index contributed by atoms with van der Waals surface area (Å²) >= 11 is 5.84. The smallest absolute Gasteiger partial charge is 0.335 e. The Balaban J connectivity index is 3.35. The van der Waals surface area contributed by atoms with E-state index >= 15 is 0 Å². The van der Waals surface area contributed by atoms with Crippen molar-refractivity contribution in [3.05, 3.63) is 41.4 Å². The van der Waals surface area contributed by atoms with Crippen LogP contribution in [0.5, 0.6) is 0 Å². The first-order valence-electron chi connectivity index (χ1n) is 5.59. The van der Waals surface area contributed by atoms with Crippen molar-refractivity contribution in [3.63, 3.8) is 0 Å². The number of carbonyl (C=O) groups is 1. The molecule has 0 aliphatic heterocycles. The van der Waals surface area contributed by atoms with Crippen molar-refractivity contribution < 1.29 is 23.4 Å². The van der Waals surface area contributed by atoms with Gasteiger partial charge in [0.25, 0.3) is 0 Å². The van der Waals surface area contributed by atoms with Crippen LogP contribution in [-0.4, -0.2) is 48.6 Å². The van der Waals surface area contributed by atoms with E-state index in [0.717, 1.165) is 10.4 Å². The number of hydrogen-bond donors (Lipinski definition) is 2. The number of carboxylic acid groups (broad SMARTS) is 1. The van der Waals surface area contributed by atoms with E-state index in [1.807, 2.05) is 0 Å². The van der Waals surface area contributed by atoms with Crippen LogP contribution in [-0.2, 0) is 10.0 Å². The zero-order valence-corrected chi connectivity index (χ0v) is 12.1. The van der Waals surface area contributed by atoms with Crippen molar-refractivity contribution in [2.45, 2.75) is 4.90 Å². The predicted molar refractivity (Wildman–Crippen MR) is 74.5 cm³/mol. The Hall–Kier alpha value is -1.41. The molecule has 6 nitrogen and oxygen atoms in total. The quantitative estimate of drug-likeness (QED) is 0.737. The number of aliphatic hydroxyl groups is 1. The number of hydrogen-bond acceptors (Lipinski definition) is 4. The predicted octanol–water partition coefficient (Wildman–Crippen LogP) is 1.21. The minimum Gasteiger partial charge on any atom is -0.478 e. The van der Waals surface area contributed by atoms with Gasteiger partial charge in [-0.15, -0.1) is 6.58 Å². The van der Waals surface area contributed by atoms with E-state index in [1.54, 1.807) is 0 Å². The molecule has 0 fully saturated rings. The largest absolute Gasteiger partial charge is 0.478 e. The highest BCUT2D eigenvalue weighted by molar-refractivity contribution is 7.89. The second-order valence-corrected chi connectivity index (χ2v) is 6.14. The average Bonchev–Trinajstić information content (AvgIpc) is 2.38. The molecule has 0 aliphatic rings. The maximum absolute atomic E-state index is 12.4. The minimum atomic E-state index is -4.01. The van der Waals surface area contributed by atoms with Crippen molar-refractivity contribution in [2.24, 2.45) is 0 Å². The maximum atomic E-state index is 12.4. The van der Waals surface area contributed by atoms with Crippen LogP contribution in [0.1, 0.15) is 10.4 Å². The molecule has 1 aromatic rings. The molecule has 1 rings (SSSR count). The van der Waals surface area contributed by atoms with Gasteiger partial charge in [-0.25, -0.2) is 13.2 Å². The average molecular weight is 320 g/mol. The van der Waals surface area contributed by atoms with Crippen LogP contribution in [0, 0.1) is 0 Å². The molecule has 0 unspecified atom stereocenters. The monoisotopic (exact) mass is 319 g/mol. The molecule has 110 valence electrons. The van der Waals surface area contributed by atoms with Crippen LogP contribution in [0.4, 0.5) is 0 Å². The lowest BCUT2D eigenvalue weighted by atomic mass is 10.2. The first-order valence-corrected chi connectivity index (χ1v) is 7.41. The topological polar surface area (TPSA) is 94.9 Å². The molecule has 2 N–H and O–H groups in total. The number of aliphatic hydroxyl groups excluding tert-OH is 1. The molecule has 8 heteroatoms. The number of carboxylic acids is 1. The second-order valence-electron chi connectivity index (χ2n) is 3.83. The van der Waals surface area contributed by atoms with Gasteiger partial charge in [-0.2, -0.15) is 4.31 Å². The third kappa shape index (κ3) is 3.57. The molecule has 0 saturated heterocycles. The highest BCUT2D eigenvalue weighted by atomic mass is 35.5. The van der Waals surface area contributed by atoms with Crippen molar-refractivity contribution in [1.29, 1.82) is 0 Å². The van der Waals surface area contributed by atoms with E-state index in [2.05, 4.69) is 6.58 Å². The summed E-state index contributed by atoms with van der Waals surface area (Å²) in [5.41, 5.74) is -0.185. The second kappa shape index (κ2) is 6.85. The molecule has 20 heavy (non-hydrogen) atoms. The van der Waals surface area contributed by atoms with Crippen molar-refractivity contribution in [3.8, 4) is 0 Å². The van der Waals surface area contributed by atoms with Crippen LogP contribution in [0.25, 0.3) is 0 Å². The third-order valence-electron chi connectivity index (χ3n) is 2.48. The number of aromatic carboxylic acids is 1. The van der Waals surface area contributed by atoms with Crippen LogP contribution >= 0.6 is 11.6 Å². The van der Waals surface area contributed by atoms with Crippen molar-refractivity contribution in [2.75, 3.05) is 19.7 Å². The summed E-state index contributed by atoms with van der Waals surface area (Å²) in [5.74, 6) is -1.25. The van der Waals surface area contributed by atoms with Gasteiger partial charge in [-0.1, -0.05) is 17.7 Å². The number of sulfonamides is 1. The van der Waals surface area contributed by atoms with Gasteiger partial charge in [-0.05, 0) is 18.2 Å². The standard InChI is InChI=1S/C12H14ClNO5S/c1-2-5-14(6-7-15)20(18,19)11-8-9(12(16)17)3-4-10(11)13/h2-4,8,15H,1,5-7H2,(H,16,17). The molecule has 0 spiro atoms. The number of benzene rings is 1. The normalized spacial score (nSPS) is 11.6. The van der Waals surface area contributed by atoms with E-state index in [-0.39, 0.29) is 35.2 Å². The van der Waals surface area contributed by atoms with Crippen LogP contribution < -0.4 is 0 Å². The molecule has 0 aromatic heterocycles. The van der Waals surface area contributed by atoms with Gasteiger partial charge in [0, 0.05) is 13.1 Å². The van der Waals surface area contributed by atoms with E-state index in [9.17, 15) is 13.2 Å². The number of rotatable bonds is 7. The Morgan fingerprint density at radius 2 is 2.10 bits per heavy atom. The first-order chi connectivity index (χ1) is 9.34. The van der Waals surface area contributed by atoms with Crippen LogP contribution in [0.15, 0.2) is 35.7 Å². The Kier molecular flexibility index (Phi) is 5.70. The molecule has 0 saturated carbocycles. The fourth-order valence-corrected chi connectivity index (χ4v) is 3.44. The Labute approximate surface area is 122 Å². The molecule has 0 bridgehead atoms. The van der Waals surface area contributed by atoms with Crippen molar-refractivity contribution >= 4 is 27.6 Å². The summed E-state index contributed by atoms with van der Waals surface area (Å²) in [6.07, 6.45) is 1.36. The van der Waals surface area contributed by atoms with Gasteiger partial charge >= 0.3 is 5.97 Å². The van der Waals surface area contributed by atoms with Gasteiger partial charge < -0.3 is 10.2 Å². The zero-order chi connectivity index (χ0) is 15.3. The lowest BCUT2D eigenvalue weighted by Gasteiger charge is -2.20. The molecule has 0 amide bonds. The van der Waals surface area contributed by atoms with Crippen LogP contribution in [0.3, 0.4) is 0 Å². The summed E-state index contributed by atoms with van der Waals surface area (Å²) in [7, 11) is -4.01. The Bertz CT molecular complexity index is 614. The maximum Gasteiger partial charge on any atom is 0.335 e. The zero-order valence-electron chi connectivity index (χ0n) is 10.5. The Morgan fingerprint density at radius 3 is 2.60 bits per heavy atom. The number of nitrogens with zero attached hydrogens (tertiary/aromatic N) is 1. The summed E-state index contributed by atoms with van der Waals surface area (Å²) in [5, 5.41) is 17.7. The van der Waals surface area contributed by atoms with Gasteiger partial charge in [0.1, 0.15) is 4.90 Å². The van der Waals surface area contributed by atoms with E-state index in [4.69, 9.17) is 21.8 Å². The van der Waals surface area contributed by atoms with Crippen molar-refractivity contribution in [1.82, 2.24) is 4.31 Å². The summed E-state index contributed by atoms with van der Waals surface area (Å²) in [6.45, 7) is 2.92. The molecule has 0 heterocycles. The van der Waals surface area contributed by atoms with E-state index in [1.165, 1.54) is 18.2 Å². The van der Waals surface area contributed by atoms with Crippen LogP contribution in [0.2, 0.25) is 5.02 Å². The van der Waals surface area contributed by atoms with E-state index < -0.39 is 16.0 Å². The summed E-state index contributed by atoms with van der Waals surface area (Å²) < 4.78 is 25.8. The number of halogens is 1. The highest BCUT2D eigenvalue weighted by Gasteiger charge is 2.26. The van der Waals surface area contributed by atoms with Gasteiger partial charge in [0.2, 0.25) is 10.0 Å². The first kappa shape index (κ1) is 16.6. The van der Waals surface area contributed by atoms with Gasteiger partial charge in [-0.3, -0.25) is 0 Å². The summed E-state index contributed by atoms with van der Waals surface area (Å²) in [4.78, 5) is 10.6.